The Labute approximate surface area is 127 Å². The summed E-state index contributed by atoms with van der Waals surface area (Å²) in [4.78, 5) is 11.4. The predicted molar refractivity (Wildman–Crippen MR) is 74.9 cm³/mol. The number of benzene rings is 1. The average molecular weight is 338 g/mol. The fourth-order valence-corrected chi connectivity index (χ4v) is 2.81. The minimum absolute atomic E-state index is 0.0493. The zero-order valence-corrected chi connectivity index (χ0v) is 12.9. The van der Waals surface area contributed by atoms with Gasteiger partial charge in [-0.05, 0) is 37.6 Å². The van der Waals surface area contributed by atoms with Crippen LogP contribution in [0.25, 0.3) is 0 Å². The fraction of sp³-hybridized carbons (Fsp3) is 0.462. The maximum atomic E-state index is 12.0. The molecule has 0 aromatic heterocycles. The third-order valence-corrected chi connectivity index (χ3v) is 4.45. The number of rotatable bonds is 6. The van der Waals surface area contributed by atoms with Gasteiger partial charge in [0.2, 0.25) is 10.0 Å². The first kappa shape index (κ1) is 18.4. The van der Waals surface area contributed by atoms with E-state index >= 15 is 0 Å². The summed E-state index contributed by atoms with van der Waals surface area (Å²) in [6.45, 7) is 2.08. The average Bonchev–Trinajstić information content (AvgIpc) is 2.43. The molecule has 1 aromatic rings. The van der Waals surface area contributed by atoms with Gasteiger partial charge in [0.1, 0.15) is 6.54 Å². The number of nitrogens with one attached hydrogen (secondary N) is 2. The molecule has 9 heteroatoms. The van der Waals surface area contributed by atoms with Crippen molar-refractivity contribution < 1.29 is 26.4 Å². The molecule has 1 rings (SSSR count). The second kappa shape index (κ2) is 7.10. The van der Waals surface area contributed by atoms with Gasteiger partial charge in [0.25, 0.3) is 5.91 Å². The number of sulfonamides is 1. The van der Waals surface area contributed by atoms with Crippen molar-refractivity contribution in [2.45, 2.75) is 37.4 Å². The minimum atomic E-state index is -4.50. The van der Waals surface area contributed by atoms with Crippen LogP contribution in [-0.4, -0.2) is 33.1 Å². The molecule has 0 bridgehead atoms. The van der Waals surface area contributed by atoms with Gasteiger partial charge >= 0.3 is 6.18 Å². The van der Waals surface area contributed by atoms with E-state index in [2.05, 4.69) is 4.72 Å². The highest BCUT2D eigenvalue weighted by Crippen LogP contribution is 2.14. The van der Waals surface area contributed by atoms with Crippen LogP contribution >= 0.6 is 0 Å². The summed E-state index contributed by atoms with van der Waals surface area (Å²) in [6, 6.07) is 4.42. The van der Waals surface area contributed by atoms with Gasteiger partial charge in [-0.25, -0.2) is 13.1 Å². The van der Waals surface area contributed by atoms with Gasteiger partial charge in [-0.1, -0.05) is 6.92 Å². The van der Waals surface area contributed by atoms with Crippen LogP contribution in [0.15, 0.2) is 29.2 Å². The lowest BCUT2D eigenvalue weighted by Crippen LogP contribution is -2.34. The Morgan fingerprint density at radius 1 is 1.23 bits per heavy atom. The van der Waals surface area contributed by atoms with E-state index in [-0.39, 0.29) is 16.5 Å². The van der Waals surface area contributed by atoms with E-state index in [0.29, 0.717) is 6.42 Å². The van der Waals surface area contributed by atoms with Crippen molar-refractivity contribution in [1.82, 2.24) is 10.0 Å². The molecule has 124 valence electrons. The van der Waals surface area contributed by atoms with Gasteiger partial charge in [0.05, 0.1) is 4.90 Å². The summed E-state index contributed by atoms with van der Waals surface area (Å²) in [7, 11) is -3.71. The van der Waals surface area contributed by atoms with Gasteiger partial charge in [0.15, 0.2) is 0 Å². The van der Waals surface area contributed by atoms with Crippen molar-refractivity contribution in [3.63, 3.8) is 0 Å². The van der Waals surface area contributed by atoms with Crippen molar-refractivity contribution in [2.75, 3.05) is 6.54 Å². The summed E-state index contributed by atoms with van der Waals surface area (Å²) in [5.74, 6) is -0.920. The number of amides is 1. The third kappa shape index (κ3) is 5.64. The molecule has 2 N–H and O–H groups in total. The Kier molecular flexibility index (Phi) is 5.95. The van der Waals surface area contributed by atoms with E-state index in [0.717, 1.165) is 12.1 Å². The maximum Gasteiger partial charge on any atom is 0.405 e. The van der Waals surface area contributed by atoms with Gasteiger partial charge < -0.3 is 5.32 Å². The Morgan fingerprint density at radius 2 is 1.77 bits per heavy atom. The number of hydrogen-bond donors (Lipinski definition) is 2. The molecule has 0 aliphatic rings. The standard InChI is InChI=1S/C13H17F3N2O3S/c1-3-9(2)18-22(20,21)11-6-4-10(5-7-11)12(19)17-8-13(14,15)16/h4-7,9,18H,3,8H2,1-2H3,(H,17,19). The SMILES string of the molecule is CCC(C)NS(=O)(=O)c1ccc(C(=O)NCC(F)(F)F)cc1. The first-order valence-electron chi connectivity index (χ1n) is 6.52. The summed E-state index contributed by atoms with van der Waals surface area (Å²) >= 11 is 0. The number of alkyl halides is 3. The minimum Gasteiger partial charge on any atom is -0.343 e. The van der Waals surface area contributed by atoms with E-state index in [9.17, 15) is 26.4 Å². The fourth-order valence-electron chi connectivity index (χ4n) is 1.48. The normalized spacial score (nSPS) is 13.7. The molecule has 0 aliphatic heterocycles. The van der Waals surface area contributed by atoms with Crippen molar-refractivity contribution in [2.24, 2.45) is 0 Å². The molecule has 0 radical (unpaired) electrons. The van der Waals surface area contributed by atoms with E-state index in [1.54, 1.807) is 12.2 Å². The predicted octanol–water partition coefficient (Wildman–Crippen LogP) is 2.06. The van der Waals surface area contributed by atoms with E-state index < -0.39 is 28.7 Å². The molecular weight excluding hydrogens is 321 g/mol. The second-order valence-electron chi connectivity index (χ2n) is 4.75. The van der Waals surface area contributed by atoms with Crippen molar-refractivity contribution >= 4 is 15.9 Å². The Morgan fingerprint density at radius 3 is 2.23 bits per heavy atom. The molecule has 22 heavy (non-hydrogen) atoms. The quantitative estimate of drug-likeness (QED) is 0.834. The van der Waals surface area contributed by atoms with Gasteiger partial charge in [0, 0.05) is 11.6 Å². The summed E-state index contributed by atoms with van der Waals surface area (Å²) < 4.78 is 62.4. The zero-order valence-electron chi connectivity index (χ0n) is 12.1. The van der Waals surface area contributed by atoms with E-state index in [4.69, 9.17) is 0 Å². The van der Waals surface area contributed by atoms with Gasteiger partial charge in [-0.3, -0.25) is 4.79 Å². The monoisotopic (exact) mass is 338 g/mol. The third-order valence-electron chi connectivity index (χ3n) is 2.84. The summed E-state index contributed by atoms with van der Waals surface area (Å²) in [6.07, 6.45) is -3.89. The van der Waals surface area contributed by atoms with Crippen molar-refractivity contribution in [3.05, 3.63) is 29.8 Å². The molecular formula is C13H17F3N2O3S. The van der Waals surface area contributed by atoms with Crippen LogP contribution in [0.3, 0.4) is 0 Å². The number of carbonyl (C=O) groups is 1. The summed E-state index contributed by atoms with van der Waals surface area (Å²) in [5.41, 5.74) is -0.0493. The first-order chi connectivity index (χ1) is 10.0. The molecule has 0 spiro atoms. The van der Waals surface area contributed by atoms with E-state index in [1.807, 2.05) is 6.92 Å². The number of halogens is 3. The maximum absolute atomic E-state index is 12.0. The molecule has 0 saturated heterocycles. The van der Waals surface area contributed by atoms with Crippen LogP contribution in [0, 0.1) is 0 Å². The summed E-state index contributed by atoms with van der Waals surface area (Å²) in [5, 5.41) is 1.71. The molecule has 5 nitrogen and oxygen atoms in total. The largest absolute Gasteiger partial charge is 0.405 e. The molecule has 0 heterocycles. The van der Waals surface area contributed by atoms with Crippen molar-refractivity contribution in [1.29, 1.82) is 0 Å². The zero-order chi connectivity index (χ0) is 17.0. The lowest BCUT2D eigenvalue weighted by atomic mass is 10.2. The van der Waals surface area contributed by atoms with Crippen LogP contribution in [0.1, 0.15) is 30.6 Å². The number of hydrogen-bond acceptors (Lipinski definition) is 3. The first-order valence-corrected chi connectivity index (χ1v) is 8.01. The second-order valence-corrected chi connectivity index (χ2v) is 6.47. The molecule has 0 fully saturated rings. The highest BCUT2D eigenvalue weighted by Gasteiger charge is 2.28. The van der Waals surface area contributed by atoms with Crippen LogP contribution in [-0.2, 0) is 10.0 Å². The number of carbonyl (C=O) groups excluding carboxylic acids is 1. The Bertz CT molecular complexity index is 612. The van der Waals surface area contributed by atoms with Crippen molar-refractivity contribution in [3.8, 4) is 0 Å². The van der Waals surface area contributed by atoms with Gasteiger partial charge in [-0.15, -0.1) is 0 Å². The van der Waals surface area contributed by atoms with Gasteiger partial charge in [-0.2, -0.15) is 13.2 Å². The van der Waals surface area contributed by atoms with Crippen LogP contribution in [0.5, 0.6) is 0 Å². The Balaban J connectivity index is 2.80. The lowest BCUT2D eigenvalue weighted by Gasteiger charge is -2.12. The molecule has 1 unspecified atom stereocenters. The topological polar surface area (TPSA) is 75.3 Å². The van der Waals surface area contributed by atoms with E-state index in [1.165, 1.54) is 12.1 Å². The van der Waals surface area contributed by atoms with Crippen LogP contribution < -0.4 is 10.0 Å². The van der Waals surface area contributed by atoms with Crippen LogP contribution in [0.2, 0.25) is 0 Å². The Hall–Kier alpha value is -1.61. The van der Waals surface area contributed by atoms with Crippen LogP contribution in [0.4, 0.5) is 13.2 Å². The highest BCUT2D eigenvalue weighted by atomic mass is 32.2. The highest BCUT2D eigenvalue weighted by molar-refractivity contribution is 7.89. The molecule has 1 amide bonds. The smallest absolute Gasteiger partial charge is 0.343 e. The molecule has 0 aliphatic carbocycles. The molecule has 1 atom stereocenters. The lowest BCUT2D eigenvalue weighted by molar-refractivity contribution is -0.123. The molecule has 1 aromatic carbocycles. The molecule has 0 saturated carbocycles.